The van der Waals surface area contributed by atoms with Crippen molar-refractivity contribution in [1.29, 1.82) is 0 Å². The summed E-state index contributed by atoms with van der Waals surface area (Å²) in [6.45, 7) is 5.14. The molecule has 0 saturated heterocycles. The molecule has 114 valence electrons. The Hall–Kier alpha value is -1.55. The van der Waals surface area contributed by atoms with Crippen LogP contribution in [-0.4, -0.2) is 26.8 Å². The third kappa shape index (κ3) is 2.91. The minimum atomic E-state index is -0.604. The quantitative estimate of drug-likeness (QED) is 0.910. The van der Waals surface area contributed by atoms with Crippen LogP contribution >= 0.6 is 0 Å². The Balaban J connectivity index is 1.70. The predicted molar refractivity (Wildman–Crippen MR) is 86.4 cm³/mol. The fraction of sp³-hybridized carbons (Fsp3) is 0.588. The molecule has 0 unspecified atom stereocenters. The number of rotatable bonds is 3. The monoisotopic (exact) mass is 287 g/mol. The molecule has 0 amide bonds. The number of aliphatic hydroxyl groups is 1. The Morgan fingerprint density at radius 3 is 2.52 bits per heavy atom. The molecule has 1 aliphatic carbocycles. The second kappa shape index (κ2) is 5.02. The topological polar surface area (TPSA) is 50.1 Å². The fourth-order valence-electron chi connectivity index (χ4n) is 3.12. The average Bonchev–Trinajstić information content (AvgIpc) is 2.78. The molecular formula is C17H25N3O. The number of aromatic nitrogens is 2. The molecule has 1 fully saturated rings. The summed E-state index contributed by atoms with van der Waals surface area (Å²) in [5.41, 5.74) is 1.86. The zero-order chi connectivity index (χ0) is 15.1. The van der Waals surface area contributed by atoms with E-state index in [2.05, 4.69) is 30.2 Å². The molecule has 1 saturated carbocycles. The van der Waals surface area contributed by atoms with Crippen LogP contribution in [0.3, 0.4) is 0 Å². The summed E-state index contributed by atoms with van der Waals surface area (Å²) in [5, 5.41) is 14.1. The first kappa shape index (κ1) is 14.4. The summed E-state index contributed by atoms with van der Waals surface area (Å²) < 4.78 is 2.05. The number of nitrogens with one attached hydrogen (secondary N) is 1. The summed E-state index contributed by atoms with van der Waals surface area (Å²) in [7, 11) is 2.01. The summed E-state index contributed by atoms with van der Waals surface area (Å²) in [6.07, 6.45) is 3.87. The van der Waals surface area contributed by atoms with E-state index < -0.39 is 5.60 Å². The van der Waals surface area contributed by atoms with E-state index >= 15 is 0 Å². The van der Waals surface area contributed by atoms with Crippen molar-refractivity contribution in [3.05, 3.63) is 24.3 Å². The van der Waals surface area contributed by atoms with Crippen LogP contribution in [0.1, 0.15) is 39.5 Å². The van der Waals surface area contributed by atoms with Crippen molar-refractivity contribution >= 4 is 17.0 Å². The van der Waals surface area contributed by atoms with Gasteiger partial charge < -0.3 is 15.0 Å². The first-order valence-electron chi connectivity index (χ1n) is 7.76. The van der Waals surface area contributed by atoms with E-state index in [0.29, 0.717) is 12.0 Å². The number of fused-ring (bicyclic) bond motifs is 1. The highest BCUT2D eigenvalue weighted by molar-refractivity contribution is 5.78. The molecule has 1 aromatic heterocycles. The number of para-hydroxylation sites is 2. The maximum Gasteiger partial charge on any atom is 0.203 e. The van der Waals surface area contributed by atoms with Gasteiger partial charge in [-0.2, -0.15) is 0 Å². The molecule has 0 radical (unpaired) electrons. The van der Waals surface area contributed by atoms with E-state index in [1.54, 1.807) is 0 Å². The zero-order valence-electron chi connectivity index (χ0n) is 13.2. The van der Waals surface area contributed by atoms with Gasteiger partial charge in [-0.3, -0.25) is 0 Å². The summed E-state index contributed by atoms with van der Waals surface area (Å²) in [5.74, 6) is 0.828. The van der Waals surface area contributed by atoms with Crippen molar-refractivity contribution < 1.29 is 5.11 Å². The molecule has 4 heteroatoms. The lowest BCUT2D eigenvalue weighted by Gasteiger charge is -2.40. The second-order valence-corrected chi connectivity index (χ2v) is 7.23. The summed E-state index contributed by atoms with van der Waals surface area (Å²) in [4.78, 5) is 4.60. The van der Waals surface area contributed by atoms with Gasteiger partial charge in [-0.25, -0.2) is 4.98 Å². The smallest absolute Gasteiger partial charge is 0.203 e. The SMILES string of the molecule is Cn1c(NCC2(O)CCC(C)(C)CC2)nc2ccccc21. The van der Waals surface area contributed by atoms with Crippen molar-refractivity contribution in [2.75, 3.05) is 11.9 Å². The van der Waals surface area contributed by atoms with Gasteiger partial charge in [0.2, 0.25) is 5.95 Å². The van der Waals surface area contributed by atoms with Gasteiger partial charge in [0.25, 0.3) is 0 Å². The van der Waals surface area contributed by atoms with Gasteiger partial charge in [0.15, 0.2) is 0 Å². The van der Waals surface area contributed by atoms with Crippen molar-refractivity contribution in [2.24, 2.45) is 12.5 Å². The number of anilines is 1. The van der Waals surface area contributed by atoms with Crippen LogP contribution in [-0.2, 0) is 7.05 Å². The maximum absolute atomic E-state index is 10.7. The molecule has 0 atom stereocenters. The lowest BCUT2D eigenvalue weighted by Crippen LogP contribution is -2.42. The summed E-state index contributed by atoms with van der Waals surface area (Å²) >= 11 is 0. The normalized spacial score (nSPS) is 20.6. The largest absolute Gasteiger partial charge is 0.388 e. The Bertz CT molecular complexity index is 635. The number of aryl methyl sites for hydroxylation is 1. The molecule has 0 spiro atoms. The first-order chi connectivity index (χ1) is 9.89. The molecule has 0 bridgehead atoms. The van der Waals surface area contributed by atoms with Gasteiger partial charge in [0, 0.05) is 13.6 Å². The van der Waals surface area contributed by atoms with E-state index in [9.17, 15) is 5.11 Å². The van der Waals surface area contributed by atoms with Crippen molar-refractivity contribution in [3.63, 3.8) is 0 Å². The van der Waals surface area contributed by atoms with Gasteiger partial charge in [0.1, 0.15) is 0 Å². The van der Waals surface area contributed by atoms with Crippen LogP contribution in [0.25, 0.3) is 11.0 Å². The molecule has 1 aliphatic rings. The van der Waals surface area contributed by atoms with E-state index in [1.807, 2.05) is 29.8 Å². The predicted octanol–water partition coefficient (Wildman–Crippen LogP) is 3.32. The van der Waals surface area contributed by atoms with Crippen molar-refractivity contribution in [3.8, 4) is 0 Å². The van der Waals surface area contributed by atoms with E-state index in [1.165, 1.54) is 0 Å². The standard InChI is InChI=1S/C17H25N3O/c1-16(2)8-10-17(21,11-9-16)12-18-15-19-13-6-4-5-7-14(13)20(15)3/h4-7,21H,8-12H2,1-3H3,(H,18,19). The zero-order valence-corrected chi connectivity index (χ0v) is 13.2. The van der Waals surface area contributed by atoms with Gasteiger partial charge in [-0.1, -0.05) is 26.0 Å². The number of imidazole rings is 1. The highest BCUT2D eigenvalue weighted by Gasteiger charge is 2.36. The van der Waals surface area contributed by atoms with Crippen LogP contribution < -0.4 is 5.32 Å². The number of hydrogen-bond donors (Lipinski definition) is 2. The highest BCUT2D eigenvalue weighted by Crippen LogP contribution is 2.40. The average molecular weight is 287 g/mol. The Morgan fingerprint density at radius 2 is 1.86 bits per heavy atom. The third-order valence-corrected chi connectivity index (χ3v) is 4.90. The molecule has 2 aromatic rings. The van der Waals surface area contributed by atoms with E-state index in [4.69, 9.17) is 0 Å². The molecule has 1 aromatic carbocycles. The molecule has 3 rings (SSSR count). The van der Waals surface area contributed by atoms with Gasteiger partial charge >= 0.3 is 0 Å². The van der Waals surface area contributed by atoms with Crippen LogP contribution in [0.15, 0.2) is 24.3 Å². The van der Waals surface area contributed by atoms with Gasteiger partial charge in [0.05, 0.1) is 16.6 Å². The molecule has 1 heterocycles. The fourth-order valence-corrected chi connectivity index (χ4v) is 3.12. The molecular weight excluding hydrogens is 262 g/mol. The molecule has 21 heavy (non-hydrogen) atoms. The molecule has 0 aliphatic heterocycles. The van der Waals surface area contributed by atoms with Crippen LogP contribution in [0, 0.1) is 5.41 Å². The Morgan fingerprint density at radius 1 is 1.19 bits per heavy atom. The van der Waals surface area contributed by atoms with Crippen molar-refractivity contribution in [1.82, 2.24) is 9.55 Å². The maximum atomic E-state index is 10.7. The second-order valence-electron chi connectivity index (χ2n) is 7.23. The Labute approximate surface area is 126 Å². The Kier molecular flexibility index (Phi) is 3.44. The lowest BCUT2D eigenvalue weighted by atomic mass is 9.71. The number of nitrogens with zero attached hydrogens (tertiary/aromatic N) is 2. The highest BCUT2D eigenvalue weighted by atomic mass is 16.3. The first-order valence-corrected chi connectivity index (χ1v) is 7.76. The van der Waals surface area contributed by atoms with Crippen molar-refractivity contribution in [2.45, 2.75) is 45.1 Å². The van der Waals surface area contributed by atoms with Crippen LogP contribution in [0.4, 0.5) is 5.95 Å². The summed E-state index contributed by atoms with van der Waals surface area (Å²) in [6, 6.07) is 8.09. The van der Waals surface area contributed by atoms with Gasteiger partial charge in [-0.05, 0) is 43.2 Å². The lowest BCUT2D eigenvalue weighted by molar-refractivity contribution is -0.0146. The van der Waals surface area contributed by atoms with E-state index in [-0.39, 0.29) is 0 Å². The minimum absolute atomic E-state index is 0.365. The van der Waals surface area contributed by atoms with Crippen LogP contribution in [0.5, 0.6) is 0 Å². The van der Waals surface area contributed by atoms with Crippen LogP contribution in [0.2, 0.25) is 0 Å². The molecule has 4 nitrogen and oxygen atoms in total. The molecule has 2 N–H and O–H groups in total. The third-order valence-electron chi connectivity index (χ3n) is 4.90. The number of benzene rings is 1. The van der Waals surface area contributed by atoms with Gasteiger partial charge in [-0.15, -0.1) is 0 Å². The number of hydrogen-bond acceptors (Lipinski definition) is 3. The minimum Gasteiger partial charge on any atom is -0.388 e. The van der Waals surface area contributed by atoms with E-state index in [0.717, 1.165) is 42.7 Å².